The number of likely N-dealkylation sites (tertiary alicyclic amines) is 1. The smallest absolute Gasteiger partial charge is 0.254 e. The van der Waals surface area contributed by atoms with Gasteiger partial charge in [0.25, 0.3) is 5.91 Å². The molecule has 188 valence electrons. The number of hydrogen-bond donors (Lipinski definition) is 2. The van der Waals surface area contributed by atoms with E-state index in [4.69, 9.17) is 0 Å². The number of aryl methyl sites for hydroxylation is 1. The van der Waals surface area contributed by atoms with Crippen molar-refractivity contribution in [2.24, 2.45) is 5.92 Å². The zero-order valence-corrected chi connectivity index (χ0v) is 20.3. The Morgan fingerprint density at radius 2 is 1.86 bits per heavy atom. The van der Waals surface area contributed by atoms with Crippen LogP contribution in [0.1, 0.15) is 53.2 Å². The van der Waals surface area contributed by atoms with Gasteiger partial charge in [-0.15, -0.1) is 0 Å². The molecule has 1 aliphatic carbocycles. The fourth-order valence-corrected chi connectivity index (χ4v) is 5.48. The van der Waals surface area contributed by atoms with Crippen molar-refractivity contribution in [3.63, 3.8) is 0 Å². The van der Waals surface area contributed by atoms with E-state index in [1.165, 1.54) is 36.1 Å². The first-order chi connectivity index (χ1) is 16.5. The van der Waals surface area contributed by atoms with Crippen molar-refractivity contribution in [2.45, 2.75) is 55.7 Å². The third-order valence-corrected chi connectivity index (χ3v) is 7.97. The zero-order valence-electron chi connectivity index (χ0n) is 19.5. The van der Waals surface area contributed by atoms with E-state index >= 15 is 0 Å². The van der Waals surface area contributed by atoms with E-state index in [-0.39, 0.29) is 27.5 Å². The van der Waals surface area contributed by atoms with Gasteiger partial charge in [0.1, 0.15) is 17.7 Å². The molecule has 2 atom stereocenters. The van der Waals surface area contributed by atoms with Gasteiger partial charge in [0.05, 0.1) is 17.0 Å². The summed E-state index contributed by atoms with van der Waals surface area (Å²) in [4.78, 5) is 27.9. The Labute approximate surface area is 203 Å². The van der Waals surface area contributed by atoms with Gasteiger partial charge in [-0.2, -0.15) is 0 Å². The van der Waals surface area contributed by atoms with Gasteiger partial charge in [0.2, 0.25) is 5.91 Å². The van der Waals surface area contributed by atoms with Crippen molar-refractivity contribution >= 4 is 21.7 Å². The van der Waals surface area contributed by atoms with Crippen LogP contribution in [0.15, 0.2) is 41.3 Å². The van der Waals surface area contributed by atoms with Crippen LogP contribution in [0.3, 0.4) is 0 Å². The summed E-state index contributed by atoms with van der Waals surface area (Å²) in [6.07, 6.45) is 2.11. The molecule has 0 bridgehead atoms. The molecule has 1 saturated carbocycles. The lowest BCUT2D eigenvalue weighted by Crippen LogP contribution is -2.49. The highest BCUT2D eigenvalue weighted by Gasteiger charge is 2.40. The van der Waals surface area contributed by atoms with Gasteiger partial charge in [-0.05, 0) is 74.4 Å². The van der Waals surface area contributed by atoms with Gasteiger partial charge < -0.3 is 15.3 Å². The molecular weight excluding hydrogens is 478 g/mol. The molecule has 0 aromatic heterocycles. The molecule has 10 heteroatoms. The Bertz CT molecular complexity index is 1260. The number of amides is 2. The number of carbonyl (C=O) groups is 2. The molecule has 2 fully saturated rings. The summed E-state index contributed by atoms with van der Waals surface area (Å²) >= 11 is 0. The maximum atomic E-state index is 14.8. The fraction of sp³-hybridized carbons (Fsp3) is 0.440. The molecule has 0 unspecified atom stereocenters. The number of halogens is 2. The molecule has 2 aliphatic rings. The van der Waals surface area contributed by atoms with Gasteiger partial charge >= 0.3 is 0 Å². The number of nitrogens with zero attached hydrogens (tertiary/aromatic N) is 1. The molecule has 0 radical (unpaired) electrons. The van der Waals surface area contributed by atoms with Crippen LogP contribution in [0.4, 0.5) is 8.78 Å². The summed E-state index contributed by atoms with van der Waals surface area (Å²) in [7, 11) is -3.52. The van der Waals surface area contributed by atoms with Crippen LogP contribution in [-0.2, 0) is 14.6 Å². The minimum Gasteiger partial charge on any atom is -0.393 e. The molecule has 7 nitrogen and oxygen atoms in total. The van der Waals surface area contributed by atoms with Crippen molar-refractivity contribution in [3.05, 3.63) is 64.7 Å². The van der Waals surface area contributed by atoms with Crippen LogP contribution in [0, 0.1) is 24.5 Å². The van der Waals surface area contributed by atoms with Gasteiger partial charge in [0.15, 0.2) is 9.84 Å². The van der Waals surface area contributed by atoms with Gasteiger partial charge in [0, 0.05) is 23.9 Å². The lowest BCUT2D eigenvalue weighted by atomic mass is 9.74. The number of rotatable bonds is 6. The van der Waals surface area contributed by atoms with Crippen LogP contribution in [-0.4, -0.2) is 55.2 Å². The van der Waals surface area contributed by atoms with Crippen LogP contribution >= 0.6 is 0 Å². The second kappa shape index (κ2) is 9.66. The maximum absolute atomic E-state index is 14.8. The van der Waals surface area contributed by atoms with Gasteiger partial charge in [-0.1, -0.05) is 6.07 Å². The van der Waals surface area contributed by atoms with Crippen LogP contribution < -0.4 is 5.32 Å². The Morgan fingerprint density at radius 3 is 2.51 bits per heavy atom. The lowest BCUT2D eigenvalue weighted by molar-refractivity contribution is -0.126. The van der Waals surface area contributed by atoms with Crippen LogP contribution in [0.5, 0.6) is 0 Å². The second-order valence-corrected chi connectivity index (χ2v) is 11.5. The SMILES string of the molecule is Cc1cc(F)c([C@H](NC(=O)[C@H]2CCCN2C(=O)c2cccc(S(C)(=O)=O)c2)C2CC(O)C2)cc1F. The van der Waals surface area contributed by atoms with E-state index in [9.17, 15) is 31.9 Å². The third-order valence-electron chi connectivity index (χ3n) is 6.86. The minimum absolute atomic E-state index is 0.00373. The zero-order chi connectivity index (χ0) is 25.5. The Hall–Kier alpha value is -2.85. The summed E-state index contributed by atoms with van der Waals surface area (Å²) in [6, 6.07) is 6.12. The summed E-state index contributed by atoms with van der Waals surface area (Å²) in [5.41, 5.74) is 0.307. The lowest BCUT2D eigenvalue weighted by Gasteiger charge is -2.39. The van der Waals surface area contributed by atoms with Crippen molar-refractivity contribution < 1.29 is 31.9 Å². The predicted molar refractivity (Wildman–Crippen MR) is 124 cm³/mol. The first kappa shape index (κ1) is 25.2. The number of sulfone groups is 1. The van der Waals surface area contributed by atoms with E-state index in [1.807, 2.05) is 0 Å². The van der Waals surface area contributed by atoms with E-state index < -0.39 is 51.5 Å². The highest BCUT2D eigenvalue weighted by molar-refractivity contribution is 7.90. The van der Waals surface area contributed by atoms with E-state index in [2.05, 4.69) is 5.32 Å². The molecule has 1 aliphatic heterocycles. The Morgan fingerprint density at radius 1 is 1.14 bits per heavy atom. The number of nitrogens with one attached hydrogen (secondary N) is 1. The number of aliphatic hydroxyl groups excluding tert-OH is 1. The number of hydrogen-bond acceptors (Lipinski definition) is 5. The highest BCUT2D eigenvalue weighted by Crippen LogP contribution is 2.39. The summed E-state index contributed by atoms with van der Waals surface area (Å²) in [5.74, 6) is -2.49. The normalized spacial score (nSPS) is 23.0. The van der Waals surface area contributed by atoms with Gasteiger partial charge in [-0.25, -0.2) is 17.2 Å². The average molecular weight is 507 g/mol. The molecule has 4 rings (SSSR count). The summed E-state index contributed by atoms with van der Waals surface area (Å²) in [6.45, 7) is 1.75. The molecule has 2 N–H and O–H groups in total. The van der Waals surface area contributed by atoms with Crippen molar-refractivity contribution in [1.82, 2.24) is 10.2 Å². The average Bonchev–Trinajstić information content (AvgIpc) is 3.27. The molecular formula is C25H28F2N2O5S. The summed E-state index contributed by atoms with van der Waals surface area (Å²) < 4.78 is 52.8. The highest BCUT2D eigenvalue weighted by atomic mass is 32.2. The largest absolute Gasteiger partial charge is 0.393 e. The van der Waals surface area contributed by atoms with Crippen LogP contribution in [0.2, 0.25) is 0 Å². The fourth-order valence-electron chi connectivity index (χ4n) is 4.81. The Kier molecular flexibility index (Phi) is 6.97. The maximum Gasteiger partial charge on any atom is 0.254 e. The van der Waals surface area contributed by atoms with Crippen molar-refractivity contribution in [3.8, 4) is 0 Å². The summed E-state index contributed by atoms with van der Waals surface area (Å²) in [5, 5.41) is 12.6. The third kappa shape index (κ3) is 5.23. The molecule has 2 aromatic rings. The minimum atomic E-state index is -3.52. The standard InChI is InChI=1S/C25H28F2N2O5S/c1-14-9-21(27)19(13-20(14)26)23(16-10-17(30)11-16)28-24(31)22-7-4-8-29(22)25(32)15-5-3-6-18(12-15)35(2,33)34/h3,5-6,9,12-13,16-17,22-23,30H,4,7-8,10-11H2,1-2H3,(H,28,31)/t16?,17?,22-,23-/m1/s1. The number of benzene rings is 2. The molecule has 2 amide bonds. The molecule has 1 saturated heterocycles. The molecule has 1 heterocycles. The topological polar surface area (TPSA) is 104 Å². The van der Waals surface area contributed by atoms with Crippen LogP contribution in [0.25, 0.3) is 0 Å². The monoisotopic (exact) mass is 506 g/mol. The second-order valence-electron chi connectivity index (χ2n) is 9.45. The number of aliphatic hydroxyl groups is 1. The van der Waals surface area contributed by atoms with E-state index in [0.29, 0.717) is 32.2 Å². The predicted octanol–water partition coefficient (Wildman–Crippen LogP) is 2.91. The van der Waals surface area contributed by atoms with E-state index in [1.54, 1.807) is 0 Å². The Balaban J connectivity index is 1.57. The van der Waals surface area contributed by atoms with Crippen molar-refractivity contribution in [1.29, 1.82) is 0 Å². The molecule has 2 aromatic carbocycles. The molecule has 0 spiro atoms. The quantitative estimate of drug-likeness (QED) is 0.627. The van der Waals surface area contributed by atoms with Crippen molar-refractivity contribution in [2.75, 3.05) is 12.8 Å². The first-order valence-electron chi connectivity index (χ1n) is 11.5. The van der Waals surface area contributed by atoms with E-state index in [0.717, 1.165) is 18.4 Å². The first-order valence-corrected chi connectivity index (χ1v) is 13.4. The van der Waals surface area contributed by atoms with Gasteiger partial charge in [-0.3, -0.25) is 9.59 Å². The molecule has 35 heavy (non-hydrogen) atoms. The number of carbonyl (C=O) groups excluding carboxylic acids is 2.